The average molecular weight is 305 g/mol. The predicted octanol–water partition coefficient (Wildman–Crippen LogP) is 3.64. The van der Waals surface area contributed by atoms with Gasteiger partial charge < -0.3 is 0 Å². The summed E-state index contributed by atoms with van der Waals surface area (Å²) in [7, 11) is -3.25. The van der Waals surface area contributed by atoms with Crippen LogP contribution in [0.15, 0.2) is 30.3 Å². The van der Waals surface area contributed by atoms with Gasteiger partial charge in [-0.15, -0.1) is 0 Å². The molecule has 5 rings (SSSR count). The van der Waals surface area contributed by atoms with E-state index in [1.807, 2.05) is 30.3 Å². The zero-order valence-electron chi connectivity index (χ0n) is 12.3. The Morgan fingerprint density at radius 2 is 1.48 bits per heavy atom. The third kappa shape index (κ3) is 2.70. The van der Waals surface area contributed by atoms with Crippen LogP contribution >= 0.6 is 0 Å². The van der Waals surface area contributed by atoms with Crippen molar-refractivity contribution in [2.24, 2.45) is 23.2 Å². The minimum atomic E-state index is -3.25. The molecule has 0 unspecified atom stereocenters. The van der Waals surface area contributed by atoms with E-state index in [1.165, 1.54) is 19.3 Å². The number of anilines is 1. The molecule has 4 aliphatic rings. The second kappa shape index (κ2) is 4.73. The standard InChI is InChI=1S/C17H23NO2S/c19-21(20,18-16-4-2-1-3-5-16)12-17-9-13-6-14(10-17)8-15(7-13)11-17/h1-5,13-15,18H,6-12H2. The number of hydrogen-bond donors (Lipinski definition) is 1. The Bertz CT molecular complexity index is 588. The molecule has 0 spiro atoms. The van der Waals surface area contributed by atoms with Crippen molar-refractivity contribution in [3.05, 3.63) is 30.3 Å². The Balaban J connectivity index is 1.52. The highest BCUT2D eigenvalue weighted by molar-refractivity contribution is 7.92. The minimum absolute atomic E-state index is 0.0648. The van der Waals surface area contributed by atoms with Gasteiger partial charge in [-0.2, -0.15) is 0 Å². The van der Waals surface area contributed by atoms with Crippen LogP contribution < -0.4 is 4.72 Å². The van der Waals surface area contributed by atoms with Crippen molar-refractivity contribution in [2.75, 3.05) is 10.5 Å². The Morgan fingerprint density at radius 1 is 0.952 bits per heavy atom. The number of nitrogens with one attached hydrogen (secondary N) is 1. The van der Waals surface area contributed by atoms with Crippen molar-refractivity contribution in [3.63, 3.8) is 0 Å². The molecule has 21 heavy (non-hydrogen) atoms. The van der Waals surface area contributed by atoms with Gasteiger partial charge in [0.05, 0.1) is 5.75 Å². The molecule has 1 N–H and O–H groups in total. The molecule has 0 atom stereocenters. The monoisotopic (exact) mass is 305 g/mol. The Kier molecular flexibility index (Phi) is 3.07. The molecular formula is C17H23NO2S. The first-order chi connectivity index (χ1) is 10.0. The normalized spacial score (nSPS) is 37.6. The lowest BCUT2D eigenvalue weighted by Crippen LogP contribution is -2.49. The van der Waals surface area contributed by atoms with E-state index in [4.69, 9.17) is 0 Å². The van der Waals surface area contributed by atoms with Gasteiger partial charge in [0.2, 0.25) is 10.0 Å². The largest absolute Gasteiger partial charge is 0.284 e. The Morgan fingerprint density at radius 3 is 2.00 bits per heavy atom. The van der Waals surface area contributed by atoms with Crippen LogP contribution in [0.2, 0.25) is 0 Å². The van der Waals surface area contributed by atoms with Crippen molar-refractivity contribution in [1.82, 2.24) is 0 Å². The maximum absolute atomic E-state index is 12.6. The fourth-order valence-corrected chi connectivity index (χ4v) is 7.32. The highest BCUT2D eigenvalue weighted by atomic mass is 32.2. The number of para-hydroxylation sites is 1. The topological polar surface area (TPSA) is 46.2 Å². The lowest BCUT2D eigenvalue weighted by atomic mass is 9.50. The van der Waals surface area contributed by atoms with Crippen molar-refractivity contribution in [3.8, 4) is 0 Å². The first-order valence-corrected chi connectivity index (χ1v) is 9.73. The molecule has 114 valence electrons. The van der Waals surface area contributed by atoms with Crippen LogP contribution in [0.3, 0.4) is 0 Å². The molecular weight excluding hydrogens is 282 g/mol. The Labute approximate surface area is 127 Å². The van der Waals surface area contributed by atoms with Crippen LogP contribution in [0.5, 0.6) is 0 Å². The molecule has 4 saturated carbocycles. The van der Waals surface area contributed by atoms with Gasteiger partial charge in [-0.25, -0.2) is 8.42 Å². The molecule has 0 amide bonds. The summed E-state index contributed by atoms with van der Waals surface area (Å²) in [6.07, 6.45) is 7.46. The van der Waals surface area contributed by atoms with Gasteiger partial charge in [-0.05, 0) is 73.8 Å². The predicted molar refractivity (Wildman–Crippen MR) is 84.5 cm³/mol. The third-order valence-electron chi connectivity index (χ3n) is 5.71. The first-order valence-electron chi connectivity index (χ1n) is 8.08. The molecule has 4 fully saturated rings. The molecule has 0 heterocycles. The summed E-state index contributed by atoms with van der Waals surface area (Å²) in [5.41, 5.74) is 0.747. The molecule has 0 aromatic heterocycles. The summed E-state index contributed by atoms with van der Waals surface area (Å²) < 4.78 is 27.9. The molecule has 4 bridgehead atoms. The van der Waals surface area contributed by atoms with Gasteiger partial charge in [0.25, 0.3) is 0 Å². The summed E-state index contributed by atoms with van der Waals surface area (Å²) in [4.78, 5) is 0. The minimum Gasteiger partial charge on any atom is -0.284 e. The summed E-state index contributed by atoms with van der Waals surface area (Å²) in [5, 5.41) is 0. The fraction of sp³-hybridized carbons (Fsp3) is 0.647. The second-order valence-corrected chi connectivity index (χ2v) is 9.37. The van der Waals surface area contributed by atoms with Gasteiger partial charge in [0.15, 0.2) is 0 Å². The summed E-state index contributed by atoms with van der Waals surface area (Å²) >= 11 is 0. The second-order valence-electron chi connectivity index (χ2n) is 7.64. The smallest absolute Gasteiger partial charge is 0.233 e. The van der Waals surface area contributed by atoms with Crippen LogP contribution in [0.1, 0.15) is 38.5 Å². The number of rotatable bonds is 4. The van der Waals surface area contributed by atoms with E-state index in [2.05, 4.69) is 4.72 Å². The van der Waals surface area contributed by atoms with E-state index in [0.29, 0.717) is 11.4 Å². The van der Waals surface area contributed by atoms with E-state index in [-0.39, 0.29) is 5.41 Å². The fourth-order valence-electron chi connectivity index (χ4n) is 5.59. The van der Waals surface area contributed by atoms with E-state index in [1.54, 1.807) is 0 Å². The zero-order chi connectivity index (χ0) is 14.5. The summed E-state index contributed by atoms with van der Waals surface area (Å²) in [6, 6.07) is 9.26. The van der Waals surface area contributed by atoms with Gasteiger partial charge in [-0.1, -0.05) is 18.2 Å². The Hall–Kier alpha value is -1.03. The lowest BCUT2D eigenvalue weighted by molar-refractivity contribution is -0.0389. The highest BCUT2D eigenvalue weighted by Crippen LogP contribution is 2.60. The zero-order valence-corrected chi connectivity index (χ0v) is 13.1. The van der Waals surface area contributed by atoms with Crippen molar-refractivity contribution < 1.29 is 8.42 Å². The molecule has 1 aromatic carbocycles. The van der Waals surface area contributed by atoms with E-state index >= 15 is 0 Å². The SMILES string of the molecule is O=S(=O)(CC12CC3CC(CC(C3)C1)C2)Nc1ccccc1. The third-order valence-corrected chi connectivity index (χ3v) is 7.25. The van der Waals surface area contributed by atoms with E-state index in [9.17, 15) is 8.42 Å². The number of sulfonamides is 1. The number of hydrogen-bond acceptors (Lipinski definition) is 2. The molecule has 4 aliphatic carbocycles. The van der Waals surface area contributed by atoms with Crippen LogP contribution in [0.25, 0.3) is 0 Å². The van der Waals surface area contributed by atoms with Crippen molar-refractivity contribution in [2.45, 2.75) is 38.5 Å². The summed E-state index contributed by atoms with van der Waals surface area (Å²) in [6.45, 7) is 0. The maximum Gasteiger partial charge on any atom is 0.233 e. The van der Waals surface area contributed by atoms with Crippen molar-refractivity contribution >= 4 is 15.7 Å². The van der Waals surface area contributed by atoms with Gasteiger partial charge in [0.1, 0.15) is 0 Å². The molecule has 0 saturated heterocycles. The first kappa shape index (κ1) is 13.6. The number of benzene rings is 1. The quantitative estimate of drug-likeness (QED) is 0.923. The van der Waals surface area contributed by atoms with Crippen molar-refractivity contribution in [1.29, 1.82) is 0 Å². The van der Waals surface area contributed by atoms with Gasteiger partial charge >= 0.3 is 0 Å². The molecule has 1 aromatic rings. The molecule has 0 radical (unpaired) electrons. The average Bonchev–Trinajstić information content (AvgIpc) is 2.35. The van der Waals surface area contributed by atoms with Gasteiger partial charge in [0, 0.05) is 5.69 Å². The van der Waals surface area contributed by atoms with Crippen LogP contribution in [0, 0.1) is 23.2 Å². The molecule has 0 aliphatic heterocycles. The van der Waals surface area contributed by atoms with Crippen LogP contribution in [-0.4, -0.2) is 14.2 Å². The van der Waals surface area contributed by atoms with Crippen LogP contribution in [-0.2, 0) is 10.0 Å². The highest BCUT2D eigenvalue weighted by Gasteiger charge is 2.52. The summed E-state index contributed by atoms with van der Waals surface area (Å²) in [5.74, 6) is 2.70. The van der Waals surface area contributed by atoms with Gasteiger partial charge in [-0.3, -0.25) is 4.72 Å². The van der Waals surface area contributed by atoms with Crippen LogP contribution in [0.4, 0.5) is 5.69 Å². The van der Waals surface area contributed by atoms with E-state index < -0.39 is 10.0 Å². The maximum atomic E-state index is 12.6. The van der Waals surface area contributed by atoms with E-state index in [0.717, 1.165) is 37.0 Å². The molecule has 4 heteroatoms. The molecule has 3 nitrogen and oxygen atoms in total. The lowest BCUT2D eigenvalue weighted by Gasteiger charge is -2.56.